The zero-order valence-electron chi connectivity index (χ0n) is 18.9. The van der Waals surface area contributed by atoms with Crippen molar-refractivity contribution in [3.05, 3.63) is 48.0 Å². The standard InChI is InChI=1S/C26H34N2O3/c1-4-5-16-27(3)25(31)9-7-6-8-17-28-24-15-14-22(30)18-23(24)19(2)26(28)20-10-12-21(29)13-11-20/h10-15,18,29-30H,4-9,16-17H2,1-3H3. The summed E-state index contributed by atoms with van der Waals surface area (Å²) in [6.07, 6.45) is 5.61. The lowest BCUT2D eigenvalue weighted by Gasteiger charge is -2.16. The van der Waals surface area contributed by atoms with E-state index in [4.69, 9.17) is 0 Å². The summed E-state index contributed by atoms with van der Waals surface area (Å²) in [7, 11) is 1.89. The van der Waals surface area contributed by atoms with Crippen molar-refractivity contribution in [3.63, 3.8) is 0 Å². The highest BCUT2D eigenvalue weighted by Gasteiger charge is 2.16. The lowest BCUT2D eigenvalue weighted by molar-refractivity contribution is -0.130. The van der Waals surface area contributed by atoms with Crippen molar-refractivity contribution in [2.75, 3.05) is 13.6 Å². The number of rotatable bonds is 10. The Bertz CT molecular complexity index is 1020. The first-order chi connectivity index (χ1) is 14.9. The third-order valence-electron chi connectivity index (χ3n) is 5.99. The van der Waals surface area contributed by atoms with Crippen molar-refractivity contribution in [1.82, 2.24) is 9.47 Å². The minimum Gasteiger partial charge on any atom is -0.508 e. The molecule has 166 valence electrons. The number of phenolic OH excluding ortho intramolecular Hbond substituents is 2. The number of carbonyl (C=O) groups is 1. The number of amides is 1. The number of fused-ring (bicyclic) bond motifs is 1. The van der Waals surface area contributed by atoms with Gasteiger partial charge in [-0.3, -0.25) is 4.79 Å². The maximum Gasteiger partial charge on any atom is 0.222 e. The van der Waals surface area contributed by atoms with Gasteiger partial charge in [-0.1, -0.05) is 19.8 Å². The highest BCUT2D eigenvalue weighted by molar-refractivity contribution is 5.92. The summed E-state index contributed by atoms with van der Waals surface area (Å²) in [4.78, 5) is 14.1. The maximum atomic E-state index is 12.2. The van der Waals surface area contributed by atoms with E-state index < -0.39 is 0 Å². The monoisotopic (exact) mass is 422 g/mol. The van der Waals surface area contributed by atoms with Gasteiger partial charge in [-0.05, 0) is 79.8 Å². The molecule has 3 rings (SSSR count). The number of aryl methyl sites for hydroxylation is 2. The van der Waals surface area contributed by atoms with E-state index in [-0.39, 0.29) is 17.4 Å². The lowest BCUT2D eigenvalue weighted by Crippen LogP contribution is -2.27. The number of aromatic nitrogens is 1. The molecule has 2 aromatic carbocycles. The molecule has 5 nitrogen and oxygen atoms in total. The molecule has 5 heteroatoms. The minimum absolute atomic E-state index is 0.232. The van der Waals surface area contributed by atoms with Crippen LogP contribution in [0.5, 0.6) is 11.5 Å². The molecule has 0 fully saturated rings. The van der Waals surface area contributed by atoms with Gasteiger partial charge in [0.2, 0.25) is 5.91 Å². The van der Waals surface area contributed by atoms with Crippen molar-refractivity contribution in [3.8, 4) is 22.8 Å². The Morgan fingerprint density at radius 3 is 2.39 bits per heavy atom. The average Bonchev–Trinajstić information content (AvgIpc) is 3.03. The second-order valence-electron chi connectivity index (χ2n) is 8.35. The van der Waals surface area contributed by atoms with Gasteiger partial charge in [0.1, 0.15) is 11.5 Å². The predicted octanol–water partition coefficient (Wildman–Crippen LogP) is 5.85. The van der Waals surface area contributed by atoms with Gasteiger partial charge in [-0.2, -0.15) is 0 Å². The zero-order chi connectivity index (χ0) is 22.4. The molecule has 0 aliphatic carbocycles. The van der Waals surface area contributed by atoms with E-state index in [0.717, 1.165) is 72.9 Å². The number of hydrogen-bond donors (Lipinski definition) is 2. The third kappa shape index (κ3) is 5.40. The molecule has 0 atom stereocenters. The van der Waals surface area contributed by atoms with Gasteiger partial charge in [0.15, 0.2) is 0 Å². The molecule has 0 radical (unpaired) electrons. The summed E-state index contributed by atoms with van der Waals surface area (Å²) >= 11 is 0. The van der Waals surface area contributed by atoms with Crippen LogP contribution in [0.15, 0.2) is 42.5 Å². The van der Waals surface area contributed by atoms with Crippen LogP contribution in [-0.4, -0.2) is 39.2 Å². The summed E-state index contributed by atoms with van der Waals surface area (Å²) in [5, 5.41) is 20.7. The SMILES string of the molecule is CCCCN(C)C(=O)CCCCCn1c(-c2ccc(O)cc2)c(C)c2cc(O)ccc21. The fourth-order valence-electron chi connectivity index (χ4n) is 4.17. The van der Waals surface area contributed by atoms with Gasteiger partial charge in [-0.25, -0.2) is 0 Å². The molecule has 1 aromatic heterocycles. The molecule has 0 unspecified atom stereocenters. The van der Waals surface area contributed by atoms with Crippen LogP contribution in [0.25, 0.3) is 22.2 Å². The van der Waals surface area contributed by atoms with E-state index >= 15 is 0 Å². The molecule has 0 aliphatic rings. The molecule has 31 heavy (non-hydrogen) atoms. The summed E-state index contributed by atoms with van der Waals surface area (Å²) in [5.41, 5.74) is 4.35. The van der Waals surface area contributed by atoms with E-state index in [9.17, 15) is 15.0 Å². The smallest absolute Gasteiger partial charge is 0.222 e. The van der Waals surface area contributed by atoms with Gasteiger partial charge in [0.25, 0.3) is 0 Å². The van der Waals surface area contributed by atoms with Crippen molar-refractivity contribution in [1.29, 1.82) is 0 Å². The van der Waals surface area contributed by atoms with Crippen LogP contribution in [0, 0.1) is 6.92 Å². The van der Waals surface area contributed by atoms with Crippen molar-refractivity contribution in [2.45, 2.75) is 58.9 Å². The maximum absolute atomic E-state index is 12.2. The van der Waals surface area contributed by atoms with Crippen LogP contribution >= 0.6 is 0 Å². The highest BCUT2D eigenvalue weighted by atomic mass is 16.3. The molecular formula is C26H34N2O3. The van der Waals surface area contributed by atoms with E-state index in [1.165, 1.54) is 0 Å². The van der Waals surface area contributed by atoms with Crippen LogP contribution in [-0.2, 0) is 11.3 Å². The van der Waals surface area contributed by atoms with Gasteiger partial charge >= 0.3 is 0 Å². The van der Waals surface area contributed by atoms with E-state index in [0.29, 0.717) is 6.42 Å². The topological polar surface area (TPSA) is 65.7 Å². The molecule has 1 heterocycles. The first-order valence-corrected chi connectivity index (χ1v) is 11.3. The van der Waals surface area contributed by atoms with Crippen LogP contribution in [0.1, 0.15) is 51.0 Å². The number of aromatic hydroxyl groups is 2. The molecule has 0 spiro atoms. The summed E-state index contributed by atoms with van der Waals surface area (Å²) in [5.74, 6) is 0.738. The van der Waals surface area contributed by atoms with Gasteiger partial charge in [-0.15, -0.1) is 0 Å². The highest BCUT2D eigenvalue weighted by Crippen LogP contribution is 2.35. The van der Waals surface area contributed by atoms with Crippen LogP contribution in [0.3, 0.4) is 0 Å². The molecule has 0 aliphatic heterocycles. The summed E-state index contributed by atoms with van der Waals surface area (Å²) < 4.78 is 2.30. The number of benzene rings is 2. The van der Waals surface area contributed by atoms with Crippen molar-refractivity contribution in [2.24, 2.45) is 0 Å². The molecule has 0 bridgehead atoms. The van der Waals surface area contributed by atoms with Crippen molar-refractivity contribution >= 4 is 16.8 Å². The largest absolute Gasteiger partial charge is 0.508 e. The van der Waals surface area contributed by atoms with E-state index in [2.05, 4.69) is 18.4 Å². The Hall–Kier alpha value is -2.95. The van der Waals surface area contributed by atoms with Gasteiger partial charge < -0.3 is 19.7 Å². The van der Waals surface area contributed by atoms with Gasteiger partial charge in [0, 0.05) is 37.5 Å². The molecular weight excluding hydrogens is 388 g/mol. The number of phenols is 2. The number of hydrogen-bond acceptors (Lipinski definition) is 3. The minimum atomic E-state index is 0.232. The average molecular weight is 423 g/mol. The number of nitrogens with zero attached hydrogens (tertiary/aromatic N) is 2. The molecule has 3 aromatic rings. The summed E-state index contributed by atoms with van der Waals surface area (Å²) in [6.45, 7) is 5.89. The fraction of sp³-hybridized carbons (Fsp3) is 0.423. The number of unbranched alkanes of at least 4 members (excludes halogenated alkanes) is 3. The molecule has 0 saturated carbocycles. The second-order valence-corrected chi connectivity index (χ2v) is 8.35. The van der Waals surface area contributed by atoms with Crippen LogP contribution < -0.4 is 0 Å². The van der Waals surface area contributed by atoms with Crippen LogP contribution in [0.2, 0.25) is 0 Å². The Morgan fingerprint density at radius 2 is 1.68 bits per heavy atom. The molecule has 0 saturated heterocycles. The molecule has 1 amide bonds. The quantitative estimate of drug-likeness (QED) is 0.403. The third-order valence-corrected chi connectivity index (χ3v) is 5.99. The lowest BCUT2D eigenvalue weighted by atomic mass is 10.1. The number of carbonyl (C=O) groups excluding carboxylic acids is 1. The fourth-order valence-corrected chi connectivity index (χ4v) is 4.17. The predicted molar refractivity (Wildman–Crippen MR) is 126 cm³/mol. The normalized spacial score (nSPS) is 11.2. The van der Waals surface area contributed by atoms with Crippen LogP contribution in [0.4, 0.5) is 0 Å². The van der Waals surface area contributed by atoms with E-state index in [1.807, 2.05) is 36.2 Å². The zero-order valence-corrected chi connectivity index (χ0v) is 18.9. The molecule has 2 N–H and O–H groups in total. The Balaban J connectivity index is 1.72. The van der Waals surface area contributed by atoms with Crippen molar-refractivity contribution < 1.29 is 15.0 Å². The first kappa shape index (κ1) is 22.7. The van der Waals surface area contributed by atoms with E-state index in [1.54, 1.807) is 18.2 Å². The Morgan fingerprint density at radius 1 is 0.968 bits per heavy atom. The Kier molecular flexibility index (Phi) is 7.61. The second kappa shape index (κ2) is 10.4. The summed E-state index contributed by atoms with van der Waals surface area (Å²) in [6, 6.07) is 12.8. The Labute approximate surface area is 184 Å². The van der Waals surface area contributed by atoms with Gasteiger partial charge in [0.05, 0.1) is 5.69 Å². The first-order valence-electron chi connectivity index (χ1n) is 11.3.